The van der Waals surface area contributed by atoms with Gasteiger partial charge in [-0.05, 0) is 78.9 Å². The Morgan fingerprint density at radius 1 is 0.933 bits per heavy atom. The van der Waals surface area contributed by atoms with Gasteiger partial charge in [0.05, 0.1) is 6.61 Å². The molecule has 4 aromatic rings. The number of aliphatic hydroxyl groups is 1. The van der Waals surface area contributed by atoms with Crippen LogP contribution >= 0.6 is 39.1 Å². The molecule has 6 nitrogen and oxygen atoms in total. The van der Waals surface area contributed by atoms with Crippen molar-refractivity contribution in [1.29, 1.82) is 0 Å². The Kier molecular flexibility index (Phi) is 11.6. The van der Waals surface area contributed by atoms with Crippen LogP contribution in [0.1, 0.15) is 47.6 Å². The standard InChI is InChI=1S/C36H35BrCl2N2O4/c37-28-14-10-26(11-15-28)24-36(35(43)40-20-5-4-9-25-7-2-1-3-8-25)33(31-19-16-29(38)23-32(31)39)45-34(41-36)27-12-17-30(18-13-27)44-22-6-21-42/h1-3,7-8,10-19,23,33,42H,4-6,9,20-22,24H2,(H,40,43)/t33-,36-/m1/s1. The number of carbonyl (C=O) groups is 1. The van der Waals surface area contributed by atoms with Gasteiger partial charge in [-0.1, -0.05) is 87.7 Å². The van der Waals surface area contributed by atoms with Crippen LogP contribution in [0.15, 0.2) is 107 Å². The van der Waals surface area contributed by atoms with Crippen molar-refractivity contribution in [3.8, 4) is 5.75 Å². The SMILES string of the molecule is O=C(NCCCCc1ccccc1)[C@]1(Cc2ccc(Br)cc2)N=C(c2ccc(OCCCO)cc2)O[C@@H]1c1ccc(Cl)cc1Cl. The van der Waals surface area contributed by atoms with Crippen LogP contribution in [0.3, 0.4) is 0 Å². The summed E-state index contributed by atoms with van der Waals surface area (Å²) in [5, 5.41) is 13.1. The van der Waals surface area contributed by atoms with Crippen LogP contribution < -0.4 is 10.1 Å². The normalized spacial score (nSPS) is 17.4. The van der Waals surface area contributed by atoms with E-state index in [1.165, 1.54) is 5.56 Å². The van der Waals surface area contributed by atoms with E-state index in [4.69, 9.17) is 42.8 Å². The van der Waals surface area contributed by atoms with Crippen molar-refractivity contribution in [1.82, 2.24) is 5.32 Å². The summed E-state index contributed by atoms with van der Waals surface area (Å²) in [5.41, 5.74) is 2.18. The second-order valence-corrected chi connectivity index (χ2v) is 12.7. The smallest absolute Gasteiger partial charge is 0.252 e. The highest BCUT2D eigenvalue weighted by Gasteiger charge is 2.53. The molecule has 1 heterocycles. The van der Waals surface area contributed by atoms with E-state index in [9.17, 15) is 4.79 Å². The fraction of sp³-hybridized carbons (Fsp3) is 0.278. The minimum atomic E-state index is -1.35. The first-order chi connectivity index (χ1) is 21.9. The van der Waals surface area contributed by atoms with Gasteiger partial charge in [0.15, 0.2) is 11.6 Å². The van der Waals surface area contributed by atoms with Crippen molar-refractivity contribution in [2.24, 2.45) is 4.99 Å². The van der Waals surface area contributed by atoms with Crippen molar-refractivity contribution < 1.29 is 19.4 Å². The molecule has 0 spiro atoms. The molecule has 0 radical (unpaired) electrons. The number of aliphatic imine (C=N–C) groups is 1. The average molecular weight is 710 g/mol. The topological polar surface area (TPSA) is 80.2 Å². The first-order valence-corrected chi connectivity index (χ1v) is 16.5. The minimum absolute atomic E-state index is 0.0624. The molecule has 0 aromatic heterocycles. The summed E-state index contributed by atoms with van der Waals surface area (Å²) in [6.07, 6.45) is 2.71. The maximum absolute atomic E-state index is 14.4. The molecule has 45 heavy (non-hydrogen) atoms. The Bertz CT molecular complexity index is 1600. The van der Waals surface area contributed by atoms with E-state index >= 15 is 0 Å². The molecule has 0 fully saturated rings. The lowest BCUT2D eigenvalue weighted by molar-refractivity contribution is -0.128. The number of unbranched alkanes of at least 4 members (excludes halogenated alkanes) is 1. The number of halogens is 3. The maximum Gasteiger partial charge on any atom is 0.252 e. The summed E-state index contributed by atoms with van der Waals surface area (Å²) >= 11 is 16.5. The van der Waals surface area contributed by atoms with Gasteiger partial charge >= 0.3 is 0 Å². The predicted octanol–water partition coefficient (Wildman–Crippen LogP) is 8.16. The largest absolute Gasteiger partial charge is 0.494 e. The van der Waals surface area contributed by atoms with E-state index in [1.807, 2.05) is 66.7 Å². The Morgan fingerprint density at radius 2 is 1.69 bits per heavy atom. The van der Waals surface area contributed by atoms with Gasteiger partial charge in [-0.2, -0.15) is 0 Å². The van der Waals surface area contributed by atoms with Gasteiger partial charge in [0, 0.05) is 51.6 Å². The Labute approximate surface area is 282 Å². The Balaban J connectivity index is 1.47. The molecule has 0 saturated heterocycles. The number of carbonyl (C=O) groups excluding carboxylic acids is 1. The van der Waals surface area contributed by atoms with Gasteiger partial charge in [-0.25, -0.2) is 4.99 Å². The fourth-order valence-electron chi connectivity index (χ4n) is 5.34. The number of benzene rings is 4. The number of ether oxygens (including phenoxy) is 2. The number of nitrogens with one attached hydrogen (secondary N) is 1. The lowest BCUT2D eigenvalue weighted by Gasteiger charge is -2.31. The second kappa shape index (κ2) is 15.8. The van der Waals surface area contributed by atoms with E-state index in [-0.39, 0.29) is 18.9 Å². The van der Waals surface area contributed by atoms with E-state index in [2.05, 4.69) is 33.4 Å². The first kappa shape index (κ1) is 33.0. The van der Waals surface area contributed by atoms with E-state index in [1.54, 1.807) is 18.2 Å². The van der Waals surface area contributed by atoms with Crippen LogP contribution in [0.4, 0.5) is 0 Å². The van der Waals surface area contributed by atoms with Crippen molar-refractivity contribution in [3.05, 3.63) is 134 Å². The minimum Gasteiger partial charge on any atom is -0.494 e. The van der Waals surface area contributed by atoms with Crippen LogP contribution in [0.5, 0.6) is 5.75 Å². The number of nitrogens with zero attached hydrogens (tertiary/aromatic N) is 1. The Hall–Kier alpha value is -3.36. The van der Waals surface area contributed by atoms with Crippen LogP contribution in [-0.2, 0) is 22.4 Å². The summed E-state index contributed by atoms with van der Waals surface area (Å²) in [4.78, 5) is 19.5. The van der Waals surface area contributed by atoms with Crippen molar-refractivity contribution >= 4 is 50.9 Å². The third kappa shape index (κ3) is 8.47. The lowest BCUT2D eigenvalue weighted by Crippen LogP contribution is -2.50. The van der Waals surface area contributed by atoms with Gasteiger partial charge in [-0.3, -0.25) is 4.79 Å². The molecule has 1 aliphatic rings. The maximum atomic E-state index is 14.4. The van der Waals surface area contributed by atoms with Crippen LogP contribution in [-0.4, -0.2) is 42.2 Å². The number of hydrogen-bond acceptors (Lipinski definition) is 5. The monoisotopic (exact) mass is 708 g/mol. The number of amides is 1. The summed E-state index contributed by atoms with van der Waals surface area (Å²) in [6.45, 7) is 0.971. The first-order valence-electron chi connectivity index (χ1n) is 15.0. The van der Waals surface area contributed by atoms with Gasteiger partial charge in [0.1, 0.15) is 5.75 Å². The van der Waals surface area contributed by atoms with Crippen molar-refractivity contribution in [3.63, 3.8) is 0 Å². The summed E-state index contributed by atoms with van der Waals surface area (Å²) < 4.78 is 13.2. The van der Waals surface area contributed by atoms with Gasteiger partial charge in [-0.15, -0.1) is 0 Å². The molecule has 9 heteroatoms. The molecule has 2 atom stereocenters. The summed E-state index contributed by atoms with van der Waals surface area (Å²) in [5.74, 6) is 0.766. The quantitative estimate of drug-likeness (QED) is 0.130. The highest BCUT2D eigenvalue weighted by molar-refractivity contribution is 9.10. The zero-order valence-electron chi connectivity index (χ0n) is 24.7. The van der Waals surface area contributed by atoms with E-state index in [0.29, 0.717) is 52.4 Å². The molecule has 1 aliphatic heterocycles. The number of hydrogen-bond donors (Lipinski definition) is 2. The summed E-state index contributed by atoms with van der Waals surface area (Å²) in [6, 6.07) is 30.7. The number of rotatable bonds is 14. The van der Waals surface area contributed by atoms with Gasteiger partial charge < -0.3 is 19.9 Å². The molecule has 1 amide bonds. The van der Waals surface area contributed by atoms with E-state index in [0.717, 1.165) is 29.3 Å². The highest BCUT2D eigenvalue weighted by atomic mass is 79.9. The van der Waals surface area contributed by atoms with Crippen LogP contribution in [0.2, 0.25) is 10.0 Å². The van der Waals surface area contributed by atoms with Gasteiger partial charge in [0.25, 0.3) is 5.91 Å². The molecular weight excluding hydrogens is 675 g/mol. The molecule has 0 unspecified atom stereocenters. The third-order valence-corrected chi connectivity index (χ3v) is 8.77. The number of aliphatic hydroxyl groups excluding tert-OH is 1. The molecule has 0 saturated carbocycles. The highest BCUT2D eigenvalue weighted by Crippen LogP contribution is 2.45. The zero-order valence-corrected chi connectivity index (χ0v) is 27.8. The van der Waals surface area contributed by atoms with Crippen LogP contribution in [0, 0.1) is 0 Å². The molecule has 234 valence electrons. The van der Waals surface area contributed by atoms with Gasteiger partial charge in [0.2, 0.25) is 5.90 Å². The average Bonchev–Trinajstić information content (AvgIpc) is 3.43. The third-order valence-electron chi connectivity index (χ3n) is 7.68. The Morgan fingerprint density at radius 3 is 2.40 bits per heavy atom. The molecular formula is C36H35BrCl2N2O4. The van der Waals surface area contributed by atoms with Crippen LogP contribution in [0.25, 0.3) is 0 Å². The predicted molar refractivity (Wildman–Crippen MR) is 183 cm³/mol. The lowest BCUT2D eigenvalue weighted by atomic mass is 9.82. The van der Waals surface area contributed by atoms with Crippen molar-refractivity contribution in [2.75, 3.05) is 19.8 Å². The molecule has 5 rings (SSSR count). The fourth-order valence-corrected chi connectivity index (χ4v) is 6.11. The molecule has 4 aromatic carbocycles. The summed E-state index contributed by atoms with van der Waals surface area (Å²) in [7, 11) is 0. The number of aryl methyl sites for hydroxylation is 1. The molecule has 2 N–H and O–H groups in total. The zero-order chi connectivity index (χ0) is 31.6. The second-order valence-electron chi connectivity index (χ2n) is 11.0. The van der Waals surface area contributed by atoms with E-state index < -0.39 is 11.6 Å². The molecule has 0 bridgehead atoms. The molecule has 0 aliphatic carbocycles. The van der Waals surface area contributed by atoms with Crippen molar-refractivity contribution in [2.45, 2.75) is 43.7 Å².